The van der Waals surface area contributed by atoms with E-state index >= 15 is 0 Å². The molecule has 0 amide bonds. The Morgan fingerprint density at radius 1 is 0.409 bits per heavy atom. The molecule has 0 atom stereocenters. The molecule has 0 bridgehead atoms. The molecule has 0 spiro atoms. The van der Waals surface area contributed by atoms with Gasteiger partial charge in [0.1, 0.15) is 15.0 Å². The first-order valence-electron chi connectivity index (χ1n) is 34.6. The van der Waals surface area contributed by atoms with Gasteiger partial charge in [-0.25, -0.2) is 63.5 Å². The number of nitrogens with zero attached hydrogens (tertiary/aromatic N) is 6. The zero-order valence-electron chi connectivity index (χ0n) is 63.0. The summed E-state index contributed by atoms with van der Waals surface area (Å²) in [6.45, 7) is 20.4. The number of benzene rings is 5. The Kier molecular flexibility index (Phi) is 34.9. The molecule has 11 aromatic rings. The lowest BCUT2D eigenvalue weighted by atomic mass is 9.77. The fraction of sp³-hybridized carbons (Fsp3) is 0.229. The minimum Gasteiger partial charge on any atom is -0.478 e. The molecule has 1 aliphatic rings. The van der Waals surface area contributed by atoms with Gasteiger partial charge in [-0.1, -0.05) is 27.3 Å². The van der Waals surface area contributed by atoms with Gasteiger partial charge >= 0.3 is 61.2 Å². The van der Waals surface area contributed by atoms with Gasteiger partial charge in [0.2, 0.25) is 0 Å². The van der Waals surface area contributed by atoms with Crippen molar-refractivity contribution in [1.29, 1.82) is 0 Å². The fourth-order valence-corrected chi connectivity index (χ4v) is 11.4. The smallest absolute Gasteiger partial charge is 0.478 e. The number of halogens is 2. The monoisotopic (exact) mass is 1700 g/mol. The van der Waals surface area contributed by atoms with Gasteiger partial charge in [-0.2, -0.15) is 19.2 Å². The number of aromatic nitrogens is 6. The summed E-state index contributed by atoms with van der Waals surface area (Å²) in [6.07, 6.45) is 2.08. The first kappa shape index (κ1) is 92.8. The van der Waals surface area contributed by atoms with Crippen molar-refractivity contribution in [2.75, 3.05) is 26.4 Å². The van der Waals surface area contributed by atoms with Gasteiger partial charge in [-0.05, 0) is 274 Å². The maximum atomic E-state index is 12.5. The second kappa shape index (κ2) is 43.3. The number of hydrogen-bond acceptors (Lipinski definition) is 25. The van der Waals surface area contributed by atoms with Crippen molar-refractivity contribution in [1.82, 2.24) is 29.9 Å². The van der Waals surface area contributed by atoms with Crippen molar-refractivity contribution in [2.24, 2.45) is 0 Å². The van der Waals surface area contributed by atoms with Crippen LogP contribution in [0.5, 0.6) is 5.75 Å². The van der Waals surface area contributed by atoms with Crippen LogP contribution in [0.2, 0.25) is 0 Å². The van der Waals surface area contributed by atoms with Crippen molar-refractivity contribution in [3.05, 3.63) is 223 Å². The average molecular weight is 1700 g/mol. The van der Waals surface area contributed by atoms with Crippen LogP contribution in [-0.2, 0) is 65.1 Å². The molecule has 5 aromatic carbocycles. The number of rotatable bonds is 20. The van der Waals surface area contributed by atoms with Gasteiger partial charge in [0, 0.05) is 38.4 Å². The van der Waals surface area contributed by atoms with E-state index in [1.54, 1.807) is 82.3 Å². The minimum atomic E-state index is -1.28. The lowest BCUT2D eigenvalue weighted by molar-refractivity contribution is -0.193. The molecule has 0 aliphatic carbocycles. The topological polar surface area (TPSA) is 439 Å². The number of hydrogen-bond donors (Lipinski definition) is 3. The summed E-state index contributed by atoms with van der Waals surface area (Å²) in [5.74, 6) is -5.52. The first-order chi connectivity index (χ1) is 53.9. The number of carboxylic acids is 3. The molecule has 1 fully saturated rings. The number of carboxylic acid groups (broad SMARTS) is 3. The predicted octanol–water partition coefficient (Wildman–Crippen LogP) is 14.2. The molecule has 0 unspecified atom stereocenters. The highest BCUT2D eigenvalue weighted by Gasteiger charge is 2.52. The molecule has 12 rings (SSSR count). The predicted molar refractivity (Wildman–Crippen MR) is 428 cm³/mol. The van der Waals surface area contributed by atoms with Gasteiger partial charge in [0.15, 0.2) is 16.9 Å². The molecule has 0 radical (unpaired) electrons. The minimum absolute atomic E-state index is 0. The normalized spacial score (nSPS) is 11.7. The van der Waals surface area contributed by atoms with Gasteiger partial charge in [-0.3, -0.25) is 4.79 Å². The number of ether oxygens (including phenoxy) is 5. The lowest BCUT2D eigenvalue weighted by Crippen LogP contribution is -2.41. The third-order valence-corrected chi connectivity index (χ3v) is 17.7. The molecule has 0 saturated carbocycles. The summed E-state index contributed by atoms with van der Waals surface area (Å²) in [6, 6.07) is 45.6. The van der Waals surface area contributed by atoms with Gasteiger partial charge in [0.05, 0.1) is 99.3 Å². The maximum Gasteiger partial charge on any atom is 0.494 e. The third-order valence-electron chi connectivity index (χ3n) is 16.9. The molecule has 29 nitrogen and oxygen atoms in total. The molecule has 7 heterocycles. The van der Waals surface area contributed by atoms with Crippen LogP contribution in [-0.4, -0.2) is 156 Å². The number of fused-ring (bicyclic) bond motifs is 3. The van der Waals surface area contributed by atoms with Gasteiger partial charge in [0.25, 0.3) is 6.47 Å². The summed E-state index contributed by atoms with van der Waals surface area (Å²) in [4.78, 5) is 154. The quantitative estimate of drug-likeness (QED) is 0.0210. The number of carbonyl (C=O) groups is 8. The Morgan fingerprint density at radius 2 is 0.696 bits per heavy atom. The summed E-state index contributed by atoms with van der Waals surface area (Å²) >= 11 is 6.58. The largest absolute Gasteiger partial charge is 0.494 e. The summed E-state index contributed by atoms with van der Waals surface area (Å²) in [5.41, 5.74) is 8.36. The Hall–Kier alpha value is -12.8. The zero-order valence-corrected chi connectivity index (χ0v) is 66.2. The Morgan fingerprint density at radius 3 is 1.03 bits per heavy atom. The van der Waals surface area contributed by atoms with E-state index < -0.39 is 48.2 Å². The SMILES string of the molecule is Brc1ccc2ccc(Br)nc2n1.C.CCOC(=O)c1cc(CC)cc(-c2ccc3ccc(-c4cc(C(=O)OCC)cc(C(=O)OCC)c4)nc3n2)c1.CCOC(=O)c1cc(CC)cc(B2OC(C)(C)C(C)(C)O2)c1.O.O=C=O.O=C=O.O=COc1cc(C(=O)O)cc(-c2ccc3ccc(-c4cc(C(=O)O)cc(C(=O)O)c4)nc3n2)c1. The Balaban J connectivity index is 0.000000281. The van der Waals surface area contributed by atoms with Crippen LogP contribution in [0.4, 0.5) is 0 Å². The van der Waals surface area contributed by atoms with Crippen LogP contribution in [0.15, 0.2) is 173 Å². The van der Waals surface area contributed by atoms with Crippen molar-refractivity contribution in [3.8, 4) is 50.8 Å². The zero-order chi connectivity index (χ0) is 82.9. The van der Waals surface area contributed by atoms with E-state index in [0.717, 1.165) is 66.7 Å². The molecule has 1 saturated heterocycles. The molecule has 32 heteroatoms. The third kappa shape index (κ3) is 25.1. The number of aromatic carboxylic acids is 3. The fourth-order valence-electron chi connectivity index (χ4n) is 10.8. The summed E-state index contributed by atoms with van der Waals surface area (Å²) in [7, 11) is -0.468. The summed E-state index contributed by atoms with van der Waals surface area (Å²) in [5, 5.41) is 30.5. The highest BCUT2D eigenvalue weighted by atomic mass is 79.9. The van der Waals surface area contributed by atoms with Gasteiger partial charge in [-0.15, -0.1) is 0 Å². The van der Waals surface area contributed by atoms with Crippen molar-refractivity contribution in [2.45, 2.75) is 101 Å². The van der Waals surface area contributed by atoms with E-state index in [4.69, 9.17) is 62.1 Å². The van der Waals surface area contributed by atoms with E-state index in [2.05, 4.69) is 58.7 Å². The van der Waals surface area contributed by atoms with Crippen LogP contribution < -0.4 is 10.2 Å². The maximum absolute atomic E-state index is 12.5. The molecule has 596 valence electrons. The number of carbonyl (C=O) groups excluding carboxylic acids is 9. The molecular weight excluding hydrogens is 1620 g/mol. The molecule has 115 heavy (non-hydrogen) atoms. The van der Waals surface area contributed by atoms with Gasteiger partial charge < -0.3 is 53.8 Å². The van der Waals surface area contributed by atoms with Crippen molar-refractivity contribution in [3.63, 3.8) is 0 Å². The second-order valence-electron chi connectivity index (χ2n) is 24.9. The van der Waals surface area contributed by atoms with E-state index in [9.17, 15) is 53.7 Å². The van der Waals surface area contributed by atoms with E-state index in [1.807, 2.05) is 101 Å². The summed E-state index contributed by atoms with van der Waals surface area (Å²) < 4.78 is 39.2. The van der Waals surface area contributed by atoms with Crippen LogP contribution in [0.25, 0.3) is 78.1 Å². The first-order valence-corrected chi connectivity index (χ1v) is 36.2. The van der Waals surface area contributed by atoms with Crippen LogP contribution in [0.3, 0.4) is 0 Å². The van der Waals surface area contributed by atoms with E-state index in [1.165, 1.54) is 36.4 Å². The highest BCUT2D eigenvalue weighted by Crippen LogP contribution is 2.37. The van der Waals surface area contributed by atoms with Crippen molar-refractivity contribution >= 4 is 138 Å². The average Bonchev–Trinajstić information content (AvgIpc) is 1.54. The molecule has 6 aromatic heterocycles. The van der Waals surface area contributed by atoms with E-state index in [-0.39, 0.29) is 102 Å². The molecular formula is C83H79BBr2N6O23. The van der Waals surface area contributed by atoms with Crippen LogP contribution in [0, 0.1) is 0 Å². The van der Waals surface area contributed by atoms with Crippen LogP contribution >= 0.6 is 31.9 Å². The molecule has 5 N–H and O–H groups in total. The number of pyridine rings is 6. The number of aryl methyl sites for hydroxylation is 2. The highest BCUT2D eigenvalue weighted by molar-refractivity contribution is 9.10. The van der Waals surface area contributed by atoms with Crippen molar-refractivity contribution < 1.29 is 111 Å². The molecule has 1 aliphatic heterocycles. The second-order valence-corrected chi connectivity index (χ2v) is 26.5. The Bertz CT molecular complexity index is 5350. The van der Waals surface area contributed by atoms with E-state index in [0.29, 0.717) is 69.3 Å². The van der Waals surface area contributed by atoms with Crippen LogP contribution in [0.1, 0.15) is 160 Å². The standard InChI is InChI=1S/C31H30N2O6.C24H14N2O8.C17H25BO4.C8H4Br2N2.2CO2.CH4.H2O/c1-5-19-13-21(15-23(14-19)29(34)37-6-2)26-11-9-20-10-12-27(33-28(20)32-26)22-16-24(30(35)38-7-3)18-25(17-22)31(36)39-8-4;27-11-34-18-9-14(7-17(10-18)24(32)33)20-4-2-12-1-3-19(25-21(12)26-20)13-5-15(22(28)29)8-16(6-13)23(30)31;1-7-12-9-13(15(19)20-8-2)11-14(10-12)18-21-16(3,4)17(5,6)22-18;9-6-3-1-5-2-4-7(10)12-8(5)11-6;2*2-1-3;;/h9-18H,5-8H2,1-4H3;1-11H,(H,28,29)(H,30,31)(H,32,33);9-11H,7-8H2,1-6H3;1-4H;;;1H4;1H2. The lowest BCUT2D eigenvalue weighted by Gasteiger charge is -2.32. The number of esters is 4. The Labute approximate surface area is 676 Å².